The van der Waals surface area contributed by atoms with Crippen molar-refractivity contribution in [2.45, 2.75) is 154 Å². The predicted molar refractivity (Wildman–Crippen MR) is 410 cm³/mol. The van der Waals surface area contributed by atoms with Crippen LogP contribution in [-0.4, -0.2) is 215 Å². The van der Waals surface area contributed by atoms with Crippen LogP contribution in [0.25, 0.3) is 27.1 Å². The first-order valence-electron chi connectivity index (χ1n) is 36.4. The number of carbonyl (C=O) groups is 8. The fourth-order valence-electron chi connectivity index (χ4n) is 14.1. The lowest BCUT2D eigenvalue weighted by Crippen LogP contribution is -2.58. The van der Waals surface area contributed by atoms with Crippen LogP contribution in [-0.2, 0) is 53.8 Å². The molecule has 4 heterocycles. The fraction of sp³-hybridized carbons (Fsp3) is 0.461. The molecule has 1 aromatic heterocycles. The number of anilines is 1. The van der Waals surface area contributed by atoms with Crippen LogP contribution in [0, 0.1) is 19.3 Å². The molecule has 1 unspecified atom stereocenters. The number of aromatic nitrogens is 1. The van der Waals surface area contributed by atoms with E-state index in [0.29, 0.717) is 75.6 Å². The quantitative estimate of drug-likeness (QED) is 0.00562. The summed E-state index contributed by atoms with van der Waals surface area (Å²) in [6.45, 7) is 9.23. The number of amides is 7. The third-order valence-electron chi connectivity index (χ3n) is 19.7. The van der Waals surface area contributed by atoms with Gasteiger partial charge >= 0.3 is 5.97 Å². The van der Waals surface area contributed by atoms with E-state index in [1.54, 1.807) is 12.1 Å². The molecule has 107 heavy (non-hydrogen) atoms. The second-order valence-corrected chi connectivity index (χ2v) is 30.4. The number of hydrogen-bond acceptors (Lipinski definition) is 16. The largest absolute Gasteiger partial charge is 0.480 e. The summed E-state index contributed by atoms with van der Waals surface area (Å²) in [5.74, 6) is -5.66. The summed E-state index contributed by atoms with van der Waals surface area (Å²) in [6, 6.07) is 22.2. The molecule has 0 saturated carbocycles. The van der Waals surface area contributed by atoms with Crippen LogP contribution >= 0.6 is 0 Å². The van der Waals surface area contributed by atoms with E-state index in [9.17, 15) is 69.4 Å². The molecule has 29 nitrogen and oxygen atoms in total. The van der Waals surface area contributed by atoms with Gasteiger partial charge < -0.3 is 62.8 Å². The number of aliphatic carboxylic acids is 1. The molecule has 3 fully saturated rings. The van der Waals surface area contributed by atoms with Crippen LogP contribution in [0.3, 0.4) is 0 Å². The van der Waals surface area contributed by atoms with Gasteiger partial charge in [-0.3, -0.25) is 53.1 Å². The number of rotatable bonds is 37. The van der Waals surface area contributed by atoms with Crippen LogP contribution < -0.4 is 43.0 Å². The number of carbonyl (C=O) groups excluding carboxylic acids is 7. The summed E-state index contributed by atoms with van der Waals surface area (Å²) < 4.78 is 69.2. The first-order chi connectivity index (χ1) is 51.0. The molecule has 8 rings (SSSR count). The van der Waals surface area contributed by atoms with Crippen molar-refractivity contribution in [2.24, 2.45) is 11.5 Å². The Hall–Kier alpha value is -9.95. The first-order valence-corrected chi connectivity index (χ1v) is 39.6. The minimum atomic E-state index is -4.27. The predicted octanol–water partition coefficient (Wildman–Crippen LogP) is 5.76. The lowest BCUT2D eigenvalue weighted by molar-refractivity contribution is -0.440. The zero-order chi connectivity index (χ0) is 77.5. The van der Waals surface area contributed by atoms with E-state index in [-0.39, 0.29) is 108 Å². The lowest BCUT2D eigenvalue weighted by atomic mass is 10.0. The average Bonchev–Trinajstić information content (AvgIpc) is 1.70. The number of carboxylic acid groups (broad SMARTS) is 1. The smallest absolute Gasteiger partial charge is 0.326 e. The molecule has 5 aromatic rings. The molecule has 0 spiro atoms. The third-order valence-corrected chi connectivity index (χ3v) is 21.3. The Kier molecular flexibility index (Phi) is 30.2. The molecule has 4 aromatic carbocycles. The average molecular weight is 1510 g/mol. The molecule has 3 aliphatic rings. The first kappa shape index (κ1) is 82.7. The normalized spacial score (nSPS) is 17.2. The van der Waals surface area contributed by atoms with E-state index in [1.807, 2.05) is 134 Å². The van der Waals surface area contributed by atoms with Crippen molar-refractivity contribution in [3.63, 3.8) is 0 Å². The summed E-state index contributed by atoms with van der Waals surface area (Å²) in [4.78, 5) is 119. The molecule has 7 amide bonds. The van der Waals surface area contributed by atoms with Crippen molar-refractivity contribution in [1.82, 2.24) is 46.3 Å². The van der Waals surface area contributed by atoms with Gasteiger partial charge in [0.05, 0.1) is 29.3 Å². The second kappa shape index (κ2) is 39.1. The number of pyridine rings is 1. The number of unbranched alkanes of at least 4 members (excludes halogenated alkanes) is 1. The number of benzene rings is 4. The molecule has 3 saturated heterocycles. The Morgan fingerprint density at radius 1 is 0.664 bits per heavy atom. The van der Waals surface area contributed by atoms with Crippen LogP contribution in [0.4, 0.5) is 11.4 Å². The van der Waals surface area contributed by atoms with Gasteiger partial charge in [0.15, 0.2) is 11.7 Å². The van der Waals surface area contributed by atoms with Gasteiger partial charge in [0.2, 0.25) is 41.1 Å². The van der Waals surface area contributed by atoms with Crippen molar-refractivity contribution in [1.29, 1.82) is 5.41 Å². The zero-order valence-corrected chi connectivity index (χ0v) is 62.8. The summed E-state index contributed by atoms with van der Waals surface area (Å²) in [7, 11) is -8.54. The molecular weight excluding hydrogens is 1410 g/mol. The van der Waals surface area contributed by atoms with Crippen molar-refractivity contribution in [2.75, 3.05) is 75.3 Å². The Morgan fingerprint density at radius 3 is 1.93 bits per heavy atom. The number of hydrogen-bond donors (Lipinski definition) is 11. The van der Waals surface area contributed by atoms with Gasteiger partial charge in [-0.05, 0) is 168 Å². The molecule has 3 aliphatic heterocycles. The number of nitrogens with two attached hydrogens (primary N) is 2. The summed E-state index contributed by atoms with van der Waals surface area (Å²) in [5, 5.41) is 35.4. The lowest BCUT2D eigenvalue weighted by Gasteiger charge is -2.33. The van der Waals surface area contributed by atoms with E-state index in [2.05, 4.69) is 26.6 Å². The highest BCUT2D eigenvalue weighted by Gasteiger charge is 2.44. The van der Waals surface area contributed by atoms with Gasteiger partial charge in [-0.2, -0.15) is 21.4 Å². The third kappa shape index (κ3) is 23.5. The number of nitrogens with zero attached hydrogens (tertiary/aromatic N) is 6. The van der Waals surface area contributed by atoms with Crippen molar-refractivity contribution in [3.05, 3.63) is 144 Å². The molecule has 576 valence electrons. The number of allylic oxidation sites excluding steroid dienone is 6. The highest BCUT2D eigenvalue weighted by atomic mass is 32.2. The van der Waals surface area contributed by atoms with Crippen LogP contribution in [0.1, 0.15) is 137 Å². The Bertz CT molecular complexity index is 4450. The van der Waals surface area contributed by atoms with Gasteiger partial charge in [0.1, 0.15) is 36.8 Å². The SMILES string of the molecule is CC(/C=C/C(=C/C=C(\C)N(CCCS(=O)(=O)O)c1ccc2ccccc2c1C)c1ccc(C(=O)NCCCC[C@H](NC(=O)CCCNC(=O)[C@@H]2CCCN2C(=O)[C@@H]2CCCN2C(=O)[C@H](CCCNC(=N)N)NC(=O)C2CCCN2C(=O)CN)C(=O)O)cn1)=[N+](CCCS(=O)(=O)O)c1ccc2ccccc2c1C. The molecule has 13 N–H and O–H groups in total. The number of aryl methyl sites for hydroxylation is 2. The van der Waals surface area contributed by atoms with E-state index in [4.69, 9.17) is 21.9 Å². The van der Waals surface area contributed by atoms with Crippen molar-refractivity contribution in [3.8, 4) is 0 Å². The van der Waals surface area contributed by atoms with Crippen LogP contribution in [0.15, 0.2) is 121 Å². The maximum Gasteiger partial charge on any atom is 0.326 e. The minimum absolute atomic E-state index is 0.0452. The summed E-state index contributed by atoms with van der Waals surface area (Å²) in [5.41, 5.74) is 17.3. The van der Waals surface area contributed by atoms with Gasteiger partial charge in [-0.25, -0.2) is 4.79 Å². The molecular formula is C76H101N14O15S2+. The van der Waals surface area contributed by atoms with Crippen LogP contribution in [0.5, 0.6) is 0 Å². The van der Waals surface area contributed by atoms with Crippen LogP contribution in [0.2, 0.25) is 0 Å². The van der Waals surface area contributed by atoms with E-state index in [1.165, 1.54) is 20.9 Å². The van der Waals surface area contributed by atoms with Gasteiger partial charge in [-0.15, -0.1) is 0 Å². The number of nitrogens with one attached hydrogen (secondary N) is 6. The fourth-order valence-corrected chi connectivity index (χ4v) is 15.1. The maximum absolute atomic E-state index is 14.3. The van der Waals surface area contributed by atoms with Gasteiger partial charge in [0.25, 0.3) is 26.1 Å². The maximum atomic E-state index is 14.3. The number of guanidine groups is 1. The van der Waals surface area contributed by atoms with Crippen molar-refractivity contribution >= 4 is 118 Å². The topological polar surface area (TPSA) is 430 Å². The Labute approximate surface area is 624 Å². The van der Waals surface area contributed by atoms with Gasteiger partial charge in [0, 0.05) is 106 Å². The Morgan fingerprint density at radius 2 is 1.27 bits per heavy atom. The zero-order valence-electron chi connectivity index (χ0n) is 61.1. The number of carboxylic acids is 1. The second-order valence-electron chi connectivity index (χ2n) is 27.3. The standard InChI is InChI=1S/C76H100N14O15S2/c1-50(86(44-16-46-106(100,101)102)63-36-33-54-18-5-7-20-58(54)52(63)3)28-30-56(31-29-51(2)87(45-17-47-107(103,104)105)64-37-34-55-19-6-8-21-59(55)53(64)4)60-35-32-57(49-83-60)70(93)80-38-10-9-22-62(75(98)99)84-68(91)27-12-39-81-71(94)65-24-14-42-89(65)74(97)67-26-15-43-90(67)73(96)61(23-11-40-82-76(78)79)85-72(95)66-25-13-41-88(66)69(92)48-77/h5-8,18-21,28-37,49,61-62,65-67H,9-17,22-27,38-48,77H2,1-4H3,(H10-,78,79,80,81,82,84,85,91,93,94,95,98,99,100,101,102,103,104,105)/p+1/t61-,62-,65-,66?,67-/m0/s1. The molecule has 31 heteroatoms. The highest BCUT2D eigenvalue weighted by molar-refractivity contribution is 7.86. The van der Waals surface area contributed by atoms with E-state index in [0.717, 1.165) is 55.5 Å². The number of fused-ring (bicyclic) bond motifs is 2. The van der Waals surface area contributed by atoms with E-state index < -0.39 is 103 Å². The molecule has 0 bridgehead atoms. The monoisotopic (exact) mass is 1510 g/mol. The van der Waals surface area contributed by atoms with E-state index >= 15 is 0 Å². The molecule has 0 aliphatic carbocycles. The van der Waals surface area contributed by atoms with Gasteiger partial charge in [-0.1, -0.05) is 60.7 Å². The minimum Gasteiger partial charge on any atom is -0.480 e. The summed E-state index contributed by atoms with van der Waals surface area (Å²) >= 11 is 0. The number of likely N-dealkylation sites (tertiary alicyclic amines) is 3. The molecule has 5 atom stereocenters. The van der Waals surface area contributed by atoms with Crippen molar-refractivity contribution < 1.29 is 74.0 Å². The Balaban J connectivity index is 0.869. The summed E-state index contributed by atoms with van der Waals surface area (Å²) in [6.07, 6.45) is 13.0. The highest BCUT2D eigenvalue weighted by Crippen LogP contribution is 2.33. The molecule has 0 radical (unpaired) electrons.